The van der Waals surface area contributed by atoms with Gasteiger partial charge >= 0.3 is 0 Å². The minimum absolute atomic E-state index is 0.118. The molecular formula is C53H45N. The van der Waals surface area contributed by atoms with Gasteiger partial charge in [0.15, 0.2) is 0 Å². The molecule has 1 aliphatic carbocycles. The lowest BCUT2D eigenvalue weighted by Crippen LogP contribution is -2.17. The largest absolute Gasteiger partial charge is 0.310 e. The van der Waals surface area contributed by atoms with Crippen molar-refractivity contribution in [2.75, 3.05) is 4.90 Å². The van der Waals surface area contributed by atoms with Crippen molar-refractivity contribution >= 4 is 27.8 Å². The molecule has 0 aromatic heterocycles. The van der Waals surface area contributed by atoms with Gasteiger partial charge in [-0.15, -0.1) is 0 Å². The van der Waals surface area contributed by atoms with E-state index in [0.29, 0.717) is 0 Å². The zero-order valence-electron chi connectivity index (χ0n) is 31.8. The topological polar surface area (TPSA) is 3.24 Å². The normalized spacial score (nSPS) is 13.1. The fourth-order valence-corrected chi connectivity index (χ4v) is 8.46. The van der Waals surface area contributed by atoms with E-state index in [4.69, 9.17) is 0 Å². The Labute approximate surface area is 320 Å². The van der Waals surface area contributed by atoms with Gasteiger partial charge in [0.25, 0.3) is 0 Å². The number of rotatable bonds is 6. The maximum absolute atomic E-state index is 2.47. The van der Waals surface area contributed by atoms with E-state index in [9.17, 15) is 0 Å². The molecule has 0 N–H and O–H groups in total. The fraction of sp³-hybridized carbons (Fsp3) is 0.132. The van der Waals surface area contributed by atoms with Crippen LogP contribution in [0, 0.1) is 0 Å². The van der Waals surface area contributed by atoms with Crippen LogP contribution >= 0.6 is 0 Å². The van der Waals surface area contributed by atoms with Gasteiger partial charge in [-0.2, -0.15) is 0 Å². The molecule has 262 valence electrons. The Morgan fingerprint density at radius 1 is 0.426 bits per heavy atom. The van der Waals surface area contributed by atoms with Gasteiger partial charge in [-0.1, -0.05) is 180 Å². The van der Waals surface area contributed by atoms with Crippen LogP contribution in [0.2, 0.25) is 0 Å². The first kappa shape index (κ1) is 33.6. The maximum Gasteiger partial charge on any atom is 0.0546 e. The SMILES string of the molecule is CC(C)(C)c1ccc(-c2ccc(N(c3ccc4c(c3)C(C)(C)c3ccccc3-4)c3ccc4ccccc4c3-c3cccc(-c4ccccc4)c3)cc2)cc1. The minimum atomic E-state index is -0.118. The molecule has 0 saturated heterocycles. The van der Waals surface area contributed by atoms with Crippen LogP contribution in [0.15, 0.2) is 182 Å². The highest BCUT2D eigenvalue weighted by molar-refractivity contribution is 6.06. The van der Waals surface area contributed by atoms with Crippen LogP contribution in [0.3, 0.4) is 0 Å². The lowest BCUT2D eigenvalue weighted by atomic mass is 9.82. The Morgan fingerprint density at radius 2 is 1.02 bits per heavy atom. The summed E-state index contributed by atoms with van der Waals surface area (Å²) in [6.07, 6.45) is 0. The predicted octanol–water partition coefficient (Wildman–Crippen LogP) is 14.9. The van der Waals surface area contributed by atoms with Crippen molar-refractivity contribution in [2.45, 2.75) is 45.4 Å². The van der Waals surface area contributed by atoms with E-state index in [1.54, 1.807) is 0 Å². The van der Waals surface area contributed by atoms with E-state index in [0.717, 1.165) is 17.1 Å². The molecule has 0 atom stereocenters. The maximum atomic E-state index is 2.47. The standard InChI is InChI=1S/C53H45N/c1-52(2,3)42-27-22-37(23-28-42)38-24-29-43(30-25-38)54(44-31-32-47-46-20-11-12-21-48(46)53(4,5)49(47)35-44)50-33-26-39-16-9-10-19-45(39)51(50)41-18-13-17-40(34-41)36-14-7-6-8-15-36/h6-35H,1-5H3. The number of nitrogens with zero attached hydrogens (tertiary/aromatic N) is 1. The van der Waals surface area contributed by atoms with Crippen molar-refractivity contribution in [1.29, 1.82) is 0 Å². The molecule has 0 saturated carbocycles. The first-order chi connectivity index (χ1) is 26.2. The highest BCUT2D eigenvalue weighted by Gasteiger charge is 2.36. The summed E-state index contributed by atoms with van der Waals surface area (Å²) in [6.45, 7) is 11.5. The number of anilines is 3. The molecule has 8 aromatic carbocycles. The second-order valence-electron chi connectivity index (χ2n) is 16.2. The first-order valence-electron chi connectivity index (χ1n) is 19.1. The molecule has 9 rings (SSSR count). The van der Waals surface area contributed by atoms with Gasteiger partial charge < -0.3 is 4.90 Å². The first-order valence-corrected chi connectivity index (χ1v) is 19.1. The van der Waals surface area contributed by atoms with Gasteiger partial charge in [0, 0.05) is 22.4 Å². The summed E-state index contributed by atoms with van der Waals surface area (Å²) in [5, 5.41) is 2.45. The van der Waals surface area contributed by atoms with Crippen LogP contribution in [0.25, 0.3) is 55.3 Å². The lowest BCUT2D eigenvalue weighted by molar-refractivity contribution is 0.590. The molecule has 0 radical (unpaired) electrons. The molecule has 1 aliphatic rings. The average Bonchev–Trinajstić information content (AvgIpc) is 3.43. The van der Waals surface area contributed by atoms with E-state index >= 15 is 0 Å². The molecule has 54 heavy (non-hydrogen) atoms. The van der Waals surface area contributed by atoms with Crippen molar-refractivity contribution in [3.63, 3.8) is 0 Å². The number of benzene rings is 8. The fourth-order valence-electron chi connectivity index (χ4n) is 8.46. The summed E-state index contributed by atoms with van der Waals surface area (Å²) < 4.78 is 0. The van der Waals surface area contributed by atoms with Crippen molar-refractivity contribution in [1.82, 2.24) is 0 Å². The second-order valence-corrected chi connectivity index (χ2v) is 16.2. The van der Waals surface area contributed by atoms with Crippen molar-refractivity contribution < 1.29 is 0 Å². The highest BCUT2D eigenvalue weighted by Crippen LogP contribution is 2.52. The van der Waals surface area contributed by atoms with Crippen LogP contribution in [0.5, 0.6) is 0 Å². The van der Waals surface area contributed by atoms with Crippen LogP contribution in [-0.2, 0) is 10.8 Å². The summed E-state index contributed by atoms with van der Waals surface area (Å²) in [6, 6.07) is 67.3. The molecule has 0 fully saturated rings. The van der Waals surface area contributed by atoms with Gasteiger partial charge in [0.2, 0.25) is 0 Å². The summed E-state index contributed by atoms with van der Waals surface area (Å²) >= 11 is 0. The third-order valence-electron chi connectivity index (χ3n) is 11.4. The Balaban J connectivity index is 1.25. The Hall–Kier alpha value is -6.18. The third kappa shape index (κ3) is 5.81. The monoisotopic (exact) mass is 695 g/mol. The van der Waals surface area contributed by atoms with Crippen molar-refractivity contribution in [2.24, 2.45) is 0 Å². The molecule has 0 bridgehead atoms. The van der Waals surface area contributed by atoms with Crippen molar-refractivity contribution in [3.8, 4) is 44.5 Å². The zero-order chi connectivity index (χ0) is 37.0. The quantitative estimate of drug-likeness (QED) is 0.167. The van der Waals surface area contributed by atoms with E-state index in [2.05, 4.69) is 222 Å². The van der Waals surface area contributed by atoms with E-state index in [1.165, 1.54) is 72.0 Å². The third-order valence-corrected chi connectivity index (χ3v) is 11.4. The Bertz CT molecular complexity index is 2640. The summed E-state index contributed by atoms with van der Waals surface area (Å²) in [5.41, 5.74) is 17.4. The molecule has 1 heteroatoms. The number of fused-ring (bicyclic) bond motifs is 4. The average molecular weight is 696 g/mol. The molecule has 0 heterocycles. The van der Waals surface area contributed by atoms with Crippen LogP contribution < -0.4 is 4.90 Å². The zero-order valence-corrected chi connectivity index (χ0v) is 31.8. The number of hydrogen-bond acceptors (Lipinski definition) is 1. The molecular weight excluding hydrogens is 651 g/mol. The van der Waals surface area contributed by atoms with Gasteiger partial charge in [-0.3, -0.25) is 0 Å². The van der Waals surface area contributed by atoms with E-state index < -0.39 is 0 Å². The lowest BCUT2D eigenvalue weighted by Gasteiger charge is -2.30. The summed E-state index contributed by atoms with van der Waals surface area (Å²) in [7, 11) is 0. The smallest absolute Gasteiger partial charge is 0.0546 e. The van der Waals surface area contributed by atoms with Gasteiger partial charge in [-0.25, -0.2) is 0 Å². The molecule has 1 nitrogen and oxygen atoms in total. The Morgan fingerprint density at radius 3 is 1.78 bits per heavy atom. The Kier molecular flexibility index (Phi) is 8.12. The summed E-state index contributed by atoms with van der Waals surface area (Å²) in [4.78, 5) is 2.47. The summed E-state index contributed by atoms with van der Waals surface area (Å²) in [5.74, 6) is 0. The van der Waals surface area contributed by atoms with E-state index in [-0.39, 0.29) is 10.8 Å². The van der Waals surface area contributed by atoms with Crippen LogP contribution in [-0.4, -0.2) is 0 Å². The predicted molar refractivity (Wildman–Crippen MR) is 231 cm³/mol. The van der Waals surface area contributed by atoms with Gasteiger partial charge in [-0.05, 0) is 108 Å². The number of hydrogen-bond donors (Lipinski definition) is 0. The van der Waals surface area contributed by atoms with Gasteiger partial charge in [0.05, 0.1) is 5.69 Å². The molecule has 0 aliphatic heterocycles. The van der Waals surface area contributed by atoms with Crippen molar-refractivity contribution in [3.05, 3.63) is 199 Å². The van der Waals surface area contributed by atoms with Gasteiger partial charge in [0.1, 0.15) is 0 Å². The van der Waals surface area contributed by atoms with Crippen LogP contribution in [0.4, 0.5) is 17.1 Å². The highest BCUT2D eigenvalue weighted by atomic mass is 15.1. The van der Waals surface area contributed by atoms with Crippen LogP contribution in [0.1, 0.15) is 51.3 Å². The molecule has 0 amide bonds. The molecule has 0 unspecified atom stereocenters. The second kappa shape index (κ2) is 13.0. The molecule has 8 aromatic rings. The minimum Gasteiger partial charge on any atom is -0.310 e. The van der Waals surface area contributed by atoms with E-state index in [1.807, 2.05) is 0 Å². The molecule has 0 spiro atoms.